The molecule has 0 saturated heterocycles. The maximum Gasteiger partial charge on any atom is 0.405 e. The number of alkyl halides is 3. The summed E-state index contributed by atoms with van der Waals surface area (Å²) in [7, 11) is 0. The highest BCUT2D eigenvalue weighted by Gasteiger charge is 2.28. The Kier molecular flexibility index (Phi) is 4.54. The fourth-order valence-corrected chi connectivity index (χ4v) is 4.23. The Balaban J connectivity index is 1.98. The molecule has 1 aromatic carbocycles. The van der Waals surface area contributed by atoms with Crippen molar-refractivity contribution in [2.45, 2.75) is 19.5 Å². The first-order valence-corrected chi connectivity index (χ1v) is 9.34. The van der Waals surface area contributed by atoms with Crippen LogP contribution in [0.1, 0.15) is 12.5 Å². The minimum atomic E-state index is -4.32. The van der Waals surface area contributed by atoms with Crippen LogP contribution in [0.2, 0.25) is 0 Å². The number of aromatic amines is 1. The number of fused-ring (bicyclic) bond motifs is 3. The van der Waals surface area contributed by atoms with Gasteiger partial charge in [0.05, 0.1) is 22.1 Å². The SMILES string of the molecule is CCc1c(NCC(F)(F)F)cccc1-c1c2ccnsc-2c2c(=O)[nH]cnc12. The van der Waals surface area contributed by atoms with Crippen LogP contribution >= 0.6 is 11.5 Å². The molecule has 0 radical (unpaired) electrons. The van der Waals surface area contributed by atoms with Crippen molar-refractivity contribution < 1.29 is 13.2 Å². The minimum Gasteiger partial charge on any atom is -0.376 e. The summed E-state index contributed by atoms with van der Waals surface area (Å²) >= 11 is 1.19. The summed E-state index contributed by atoms with van der Waals surface area (Å²) in [5.74, 6) is 0. The number of aromatic nitrogens is 3. The Bertz CT molecular complexity index is 1180. The molecule has 9 heteroatoms. The lowest BCUT2D eigenvalue weighted by molar-refractivity contribution is -0.115. The Morgan fingerprint density at radius 3 is 2.79 bits per heavy atom. The number of benzene rings is 1. The van der Waals surface area contributed by atoms with E-state index in [0.717, 1.165) is 22.3 Å². The third-order valence-corrected chi connectivity index (χ3v) is 5.39. The molecule has 0 atom stereocenters. The summed E-state index contributed by atoms with van der Waals surface area (Å²) in [6.07, 6.45) is -0.825. The highest BCUT2D eigenvalue weighted by molar-refractivity contribution is 7.10. The van der Waals surface area contributed by atoms with E-state index in [0.29, 0.717) is 27.9 Å². The van der Waals surface area contributed by atoms with E-state index < -0.39 is 12.7 Å². The second-order valence-corrected chi connectivity index (χ2v) is 7.04. The number of anilines is 1. The van der Waals surface area contributed by atoms with Gasteiger partial charge in [0, 0.05) is 23.0 Å². The summed E-state index contributed by atoms with van der Waals surface area (Å²) in [5, 5.41) is 2.94. The van der Waals surface area contributed by atoms with Crippen molar-refractivity contribution >= 4 is 28.1 Å². The zero-order valence-corrected chi connectivity index (χ0v) is 15.5. The lowest BCUT2D eigenvalue weighted by Crippen LogP contribution is -2.22. The predicted octanol–water partition coefficient (Wildman–Crippen LogP) is 4.69. The molecule has 2 N–H and O–H groups in total. The van der Waals surface area contributed by atoms with Crippen LogP contribution in [-0.4, -0.2) is 27.1 Å². The van der Waals surface area contributed by atoms with Gasteiger partial charge in [0.2, 0.25) is 0 Å². The van der Waals surface area contributed by atoms with Crippen molar-refractivity contribution in [1.29, 1.82) is 0 Å². The van der Waals surface area contributed by atoms with Gasteiger partial charge in [0.25, 0.3) is 5.56 Å². The van der Waals surface area contributed by atoms with E-state index >= 15 is 0 Å². The lowest BCUT2D eigenvalue weighted by Gasteiger charge is -2.17. The Morgan fingerprint density at radius 2 is 2.04 bits per heavy atom. The molecule has 4 rings (SSSR count). The first kappa shape index (κ1) is 18.4. The molecule has 1 aliphatic heterocycles. The Labute approximate surface area is 161 Å². The molecule has 1 aromatic heterocycles. The van der Waals surface area contributed by atoms with Gasteiger partial charge in [-0.25, -0.2) is 9.36 Å². The van der Waals surface area contributed by atoms with Gasteiger partial charge in [0.1, 0.15) is 6.54 Å². The van der Waals surface area contributed by atoms with Crippen molar-refractivity contribution in [3.05, 3.63) is 52.7 Å². The van der Waals surface area contributed by atoms with Gasteiger partial charge in [-0.05, 0) is 41.2 Å². The summed E-state index contributed by atoms with van der Waals surface area (Å²) in [6, 6.07) is 6.98. The standard InChI is InChI=1S/C19H15F3N4OS/c1-2-10-11(4-3-5-13(10)23-8-19(20,21)22)14-12-6-7-26-28-17(12)15-16(14)24-9-25-18(15)27/h3-7,9,23H,2,8H2,1H3,(H,24,25,27). The molecule has 0 unspecified atom stereocenters. The summed E-state index contributed by atoms with van der Waals surface area (Å²) in [4.78, 5) is 20.1. The fourth-order valence-electron chi connectivity index (χ4n) is 3.45. The number of halogens is 3. The van der Waals surface area contributed by atoms with Gasteiger partial charge in [-0.2, -0.15) is 13.2 Å². The molecule has 2 heterocycles. The fraction of sp³-hybridized carbons (Fsp3) is 0.211. The largest absolute Gasteiger partial charge is 0.405 e. The van der Waals surface area contributed by atoms with Gasteiger partial charge in [-0.1, -0.05) is 19.1 Å². The van der Waals surface area contributed by atoms with Crippen molar-refractivity contribution in [3.8, 4) is 21.6 Å². The minimum absolute atomic E-state index is 0.269. The number of H-pyrrole nitrogens is 1. The van der Waals surface area contributed by atoms with E-state index in [9.17, 15) is 18.0 Å². The Morgan fingerprint density at radius 1 is 1.21 bits per heavy atom. The molecule has 144 valence electrons. The second kappa shape index (κ2) is 6.90. The third kappa shape index (κ3) is 3.11. The zero-order valence-electron chi connectivity index (χ0n) is 14.7. The zero-order chi connectivity index (χ0) is 19.9. The van der Waals surface area contributed by atoms with Crippen LogP contribution in [0.5, 0.6) is 0 Å². The topological polar surface area (TPSA) is 70.7 Å². The normalized spacial score (nSPS) is 12.0. The van der Waals surface area contributed by atoms with Crippen LogP contribution in [0.15, 0.2) is 41.6 Å². The molecular weight excluding hydrogens is 389 g/mol. The smallest absolute Gasteiger partial charge is 0.376 e. The quantitative estimate of drug-likeness (QED) is 0.518. The molecule has 28 heavy (non-hydrogen) atoms. The lowest BCUT2D eigenvalue weighted by atomic mass is 9.95. The van der Waals surface area contributed by atoms with Crippen LogP contribution in [0.4, 0.5) is 18.9 Å². The first-order valence-electron chi connectivity index (χ1n) is 8.57. The molecule has 0 bridgehead atoms. The number of nitrogens with one attached hydrogen (secondary N) is 2. The van der Waals surface area contributed by atoms with Crippen molar-refractivity contribution in [3.63, 3.8) is 0 Å². The van der Waals surface area contributed by atoms with Crippen molar-refractivity contribution in [1.82, 2.24) is 14.3 Å². The molecular formula is C19H15F3N4OS. The molecule has 2 aliphatic rings. The third-order valence-electron chi connectivity index (χ3n) is 4.56. The van der Waals surface area contributed by atoms with E-state index in [1.165, 1.54) is 17.9 Å². The van der Waals surface area contributed by atoms with Crippen LogP contribution in [-0.2, 0) is 6.42 Å². The second-order valence-electron chi connectivity index (χ2n) is 6.24. The van der Waals surface area contributed by atoms with E-state index in [1.54, 1.807) is 24.4 Å². The molecule has 2 aromatic rings. The summed E-state index contributed by atoms with van der Waals surface area (Å²) < 4.78 is 42.2. The van der Waals surface area contributed by atoms with E-state index in [-0.39, 0.29) is 5.56 Å². The maximum absolute atomic E-state index is 12.7. The number of rotatable bonds is 4. The van der Waals surface area contributed by atoms with E-state index in [2.05, 4.69) is 19.7 Å². The Hall–Kier alpha value is -2.94. The first-order chi connectivity index (χ1) is 13.4. The molecule has 0 saturated carbocycles. The summed E-state index contributed by atoms with van der Waals surface area (Å²) in [5.41, 5.74) is 3.71. The molecule has 5 nitrogen and oxygen atoms in total. The van der Waals surface area contributed by atoms with Crippen molar-refractivity contribution in [2.24, 2.45) is 0 Å². The monoisotopic (exact) mass is 404 g/mol. The van der Waals surface area contributed by atoms with Gasteiger partial charge in [-0.15, -0.1) is 0 Å². The summed E-state index contributed by atoms with van der Waals surface area (Å²) in [6.45, 7) is 0.769. The van der Waals surface area contributed by atoms with Gasteiger partial charge in [0.15, 0.2) is 0 Å². The van der Waals surface area contributed by atoms with Crippen LogP contribution < -0.4 is 10.9 Å². The molecule has 0 fully saturated rings. The molecule has 0 spiro atoms. The highest BCUT2D eigenvalue weighted by Crippen LogP contribution is 2.45. The number of hydrogen-bond acceptors (Lipinski definition) is 5. The average Bonchev–Trinajstić information content (AvgIpc) is 3.01. The van der Waals surface area contributed by atoms with Crippen LogP contribution in [0.3, 0.4) is 0 Å². The number of nitrogens with zero attached hydrogens (tertiary/aromatic N) is 2. The van der Waals surface area contributed by atoms with Crippen LogP contribution in [0.25, 0.3) is 32.5 Å². The molecule has 0 amide bonds. The predicted molar refractivity (Wildman–Crippen MR) is 104 cm³/mol. The average molecular weight is 404 g/mol. The van der Waals surface area contributed by atoms with Gasteiger partial charge >= 0.3 is 6.18 Å². The number of hydrogen-bond donors (Lipinski definition) is 2. The maximum atomic E-state index is 12.7. The van der Waals surface area contributed by atoms with E-state index in [1.807, 2.05) is 13.0 Å². The highest BCUT2D eigenvalue weighted by atomic mass is 32.1. The van der Waals surface area contributed by atoms with Crippen LogP contribution in [0, 0.1) is 0 Å². The van der Waals surface area contributed by atoms with Crippen molar-refractivity contribution in [2.75, 3.05) is 11.9 Å². The van der Waals surface area contributed by atoms with Gasteiger partial charge < -0.3 is 10.3 Å². The van der Waals surface area contributed by atoms with E-state index in [4.69, 9.17) is 0 Å². The van der Waals surface area contributed by atoms with Gasteiger partial charge in [-0.3, -0.25) is 4.79 Å². The molecule has 1 aliphatic carbocycles.